The zero-order valence-electron chi connectivity index (χ0n) is 11.5. The third-order valence-corrected chi connectivity index (χ3v) is 3.04. The molecule has 1 aliphatic rings. The van der Waals surface area contributed by atoms with Gasteiger partial charge in [0, 0.05) is 24.7 Å². The predicted molar refractivity (Wildman–Crippen MR) is 72.9 cm³/mol. The standard InChI is InChI=1S/C13H13N3O6/c17-11(15-6-5-14-13(15)19)8-22-12(18)7-9-3-1-2-4-10(9)16(20)21/h1-4H,5-8H2,(H,14,19). The molecule has 0 atom stereocenters. The van der Waals surface area contributed by atoms with Gasteiger partial charge in [-0.2, -0.15) is 0 Å². The molecule has 0 radical (unpaired) electrons. The van der Waals surface area contributed by atoms with E-state index in [1.807, 2.05) is 0 Å². The molecule has 0 aromatic heterocycles. The maximum Gasteiger partial charge on any atom is 0.324 e. The van der Waals surface area contributed by atoms with Crippen molar-refractivity contribution in [2.75, 3.05) is 19.7 Å². The quantitative estimate of drug-likeness (QED) is 0.472. The third-order valence-electron chi connectivity index (χ3n) is 3.04. The van der Waals surface area contributed by atoms with E-state index in [9.17, 15) is 24.5 Å². The van der Waals surface area contributed by atoms with Crippen molar-refractivity contribution < 1.29 is 24.0 Å². The summed E-state index contributed by atoms with van der Waals surface area (Å²) in [4.78, 5) is 45.8. The summed E-state index contributed by atoms with van der Waals surface area (Å²) >= 11 is 0. The number of hydrogen-bond acceptors (Lipinski definition) is 6. The Labute approximate surface area is 125 Å². The highest BCUT2D eigenvalue weighted by atomic mass is 16.6. The molecule has 1 aromatic rings. The Bertz CT molecular complexity index is 630. The number of ether oxygens (including phenoxy) is 1. The lowest BCUT2D eigenvalue weighted by Gasteiger charge is -2.12. The lowest BCUT2D eigenvalue weighted by molar-refractivity contribution is -0.385. The van der Waals surface area contributed by atoms with Crippen molar-refractivity contribution in [1.82, 2.24) is 10.2 Å². The van der Waals surface area contributed by atoms with Crippen LogP contribution in [-0.4, -0.2) is 47.4 Å². The van der Waals surface area contributed by atoms with E-state index in [1.54, 1.807) is 6.07 Å². The average molecular weight is 307 g/mol. The lowest BCUT2D eigenvalue weighted by atomic mass is 10.1. The first-order chi connectivity index (χ1) is 10.5. The number of imide groups is 1. The van der Waals surface area contributed by atoms with Gasteiger partial charge in [0.25, 0.3) is 11.6 Å². The molecule has 1 saturated heterocycles. The number of rotatable bonds is 5. The molecule has 3 amide bonds. The van der Waals surface area contributed by atoms with Crippen LogP contribution in [0.4, 0.5) is 10.5 Å². The Hall–Kier alpha value is -2.97. The van der Waals surface area contributed by atoms with E-state index in [1.165, 1.54) is 18.2 Å². The highest BCUT2D eigenvalue weighted by Crippen LogP contribution is 2.18. The Balaban J connectivity index is 1.90. The molecule has 9 nitrogen and oxygen atoms in total. The molecule has 9 heteroatoms. The minimum absolute atomic E-state index is 0.190. The minimum atomic E-state index is -0.776. The molecule has 2 rings (SSSR count). The smallest absolute Gasteiger partial charge is 0.324 e. The maximum absolute atomic E-state index is 11.7. The highest BCUT2D eigenvalue weighted by Gasteiger charge is 2.27. The van der Waals surface area contributed by atoms with Gasteiger partial charge in [0.1, 0.15) is 0 Å². The molecule has 1 fully saturated rings. The number of urea groups is 1. The summed E-state index contributed by atoms with van der Waals surface area (Å²) in [5.41, 5.74) is 0.00793. The number of carbonyl (C=O) groups is 3. The Kier molecular flexibility index (Phi) is 4.66. The number of hydrogen-bond donors (Lipinski definition) is 1. The van der Waals surface area contributed by atoms with Crippen molar-refractivity contribution in [2.24, 2.45) is 0 Å². The number of nitro groups is 1. The number of amides is 3. The minimum Gasteiger partial charge on any atom is -0.455 e. The zero-order valence-corrected chi connectivity index (χ0v) is 11.5. The van der Waals surface area contributed by atoms with Crippen LogP contribution in [-0.2, 0) is 20.7 Å². The number of esters is 1. The van der Waals surface area contributed by atoms with Gasteiger partial charge < -0.3 is 10.1 Å². The lowest BCUT2D eigenvalue weighted by Crippen LogP contribution is -2.37. The van der Waals surface area contributed by atoms with Crippen LogP contribution in [0.2, 0.25) is 0 Å². The van der Waals surface area contributed by atoms with Crippen LogP contribution in [0.25, 0.3) is 0 Å². The van der Waals surface area contributed by atoms with Crippen molar-refractivity contribution in [3.05, 3.63) is 39.9 Å². The van der Waals surface area contributed by atoms with Crippen molar-refractivity contribution in [3.8, 4) is 0 Å². The summed E-state index contributed by atoms with van der Waals surface area (Å²) in [6, 6.07) is 5.25. The van der Waals surface area contributed by atoms with Crippen molar-refractivity contribution in [3.63, 3.8) is 0 Å². The predicted octanol–water partition coefficient (Wildman–Crippen LogP) is 0.232. The molecule has 0 aliphatic carbocycles. The summed E-state index contributed by atoms with van der Waals surface area (Å²) in [6.07, 6.45) is -0.323. The number of para-hydroxylation sites is 1. The molecule has 1 aromatic carbocycles. The van der Waals surface area contributed by atoms with Crippen molar-refractivity contribution in [1.29, 1.82) is 0 Å². The van der Waals surface area contributed by atoms with E-state index in [4.69, 9.17) is 4.74 Å². The number of benzene rings is 1. The monoisotopic (exact) mass is 307 g/mol. The summed E-state index contributed by atoms with van der Waals surface area (Å²) in [5.74, 6) is -1.41. The molecule has 1 heterocycles. The van der Waals surface area contributed by atoms with Gasteiger partial charge in [0.15, 0.2) is 6.61 Å². The molecule has 22 heavy (non-hydrogen) atoms. The molecule has 0 unspecified atom stereocenters. The second-order valence-electron chi connectivity index (χ2n) is 4.50. The van der Waals surface area contributed by atoms with Crippen LogP contribution in [0, 0.1) is 10.1 Å². The highest BCUT2D eigenvalue weighted by molar-refractivity contribution is 5.97. The van der Waals surface area contributed by atoms with E-state index < -0.39 is 29.4 Å². The fourth-order valence-electron chi connectivity index (χ4n) is 1.97. The number of nitro benzene ring substituents is 1. The van der Waals surface area contributed by atoms with Gasteiger partial charge in [-0.15, -0.1) is 0 Å². The topological polar surface area (TPSA) is 119 Å². The summed E-state index contributed by atoms with van der Waals surface area (Å²) < 4.78 is 4.77. The zero-order chi connectivity index (χ0) is 16.1. The molecule has 1 aliphatic heterocycles. The third kappa shape index (κ3) is 3.57. The molecule has 0 bridgehead atoms. The van der Waals surface area contributed by atoms with Crippen LogP contribution in [0.1, 0.15) is 5.56 Å². The molecule has 116 valence electrons. The summed E-state index contributed by atoms with van der Waals surface area (Å²) in [6.45, 7) is 0.000981. The van der Waals surface area contributed by atoms with Crippen LogP contribution < -0.4 is 5.32 Å². The van der Waals surface area contributed by atoms with Crippen molar-refractivity contribution in [2.45, 2.75) is 6.42 Å². The van der Waals surface area contributed by atoms with Crippen molar-refractivity contribution >= 4 is 23.6 Å². The van der Waals surface area contributed by atoms with Gasteiger partial charge >= 0.3 is 12.0 Å². The molecule has 0 spiro atoms. The second-order valence-corrected chi connectivity index (χ2v) is 4.50. The van der Waals surface area contributed by atoms with Crippen LogP contribution >= 0.6 is 0 Å². The van der Waals surface area contributed by atoms with Gasteiger partial charge in [-0.3, -0.25) is 24.6 Å². The van der Waals surface area contributed by atoms with E-state index in [-0.39, 0.29) is 24.2 Å². The molecule has 1 N–H and O–H groups in total. The Morgan fingerprint density at radius 3 is 2.73 bits per heavy atom. The normalized spacial score (nSPS) is 13.6. The van der Waals surface area contributed by atoms with Gasteiger partial charge in [-0.1, -0.05) is 18.2 Å². The first-order valence-electron chi connectivity index (χ1n) is 6.45. The Morgan fingerprint density at radius 2 is 2.09 bits per heavy atom. The molecule has 0 saturated carbocycles. The summed E-state index contributed by atoms with van der Waals surface area (Å²) in [7, 11) is 0. The second kappa shape index (κ2) is 6.66. The van der Waals surface area contributed by atoms with E-state index in [0.29, 0.717) is 6.54 Å². The fourth-order valence-corrected chi connectivity index (χ4v) is 1.97. The first-order valence-corrected chi connectivity index (χ1v) is 6.45. The average Bonchev–Trinajstić information content (AvgIpc) is 2.91. The van der Waals surface area contributed by atoms with Crippen LogP contribution in [0.15, 0.2) is 24.3 Å². The van der Waals surface area contributed by atoms with Gasteiger partial charge in [0.05, 0.1) is 11.3 Å². The van der Waals surface area contributed by atoms with Gasteiger partial charge in [-0.25, -0.2) is 4.79 Å². The maximum atomic E-state index is 11.7. The number of carbonyl (C=O) groups excluding carboxylic acids is 3. The Morgan fingerprint density at radius 1 is 1.36 bits per heavy atom. The van der Waals surface area contributed by atoms with Gasteiger partial charge in [-0.05, 0) is 0 Å². The fraction of sp³-hybridized carbons (Fsp3) is 0.308. The van der Waals surface area contributed by atoms with Crippen LogP contribution in [0.3, 0.4) is 0 Å². The number of nitrogens with one attached hydrogen (secondary N) is 1. The number of nitrogens with zero attached hydrogens (tertiary/aromatic N) is 2. The first kappa shape index (κ1) is 15.4. The molecular formula is C13H13N3O6. The van der Waals surface area contributed by atoms with Gasteiger partial charge in [0.2, 0.25) is 0 Å². The van der Waals surface area contributed by atoms with E-state index in [2.05, 4.69) is 5.32 Å². The van der Waals surface area contributed by atoms with E-state index in [0.717, 1.165) is 4.90 Å². The largest absolute Gasteiger partial charge is 0.455 e. The van der Waals surface area contributed by atoms with E-state index >= 15 is 0 Å². The SMILES string of the molecule is O=C(Cc1ccccc1[N+](=O)[O-])OCC(=O)N1CCNC1=O. The van der Waals surface area contributed by atoms with Crippen LogP contribution in [0.5, 0.6) is 0 Å². The molecular weight excluding hydrogens is 294 g/mol. The summed E-state index contributed by atoms with van der Waals surface area (Å²) in [5, 5.41) is 13.3.